The van der Waals surface area contributed by atoms with Gasteiger partial charge in [0.15, 0.2) is 0 Å². The molecule has 242 valence electrons. The molecule has 46 heavy (non-hydrogen) atoms. The summed E-state index contributed by atoms with van der Waals surface area (Å²) in [5.74, 6) is -0.457. The van der Waals surface area contributed by atoms with Crippen molar-refractivity contribution in [3.63, 3.8) is 0 Å². The highest BCUT2D eigenvalue weighted by Crippen LogP contribution is 2.24. The van der Waals surface area contributed by atoms with Gasteiger partial charge in [-0.2, -0.15) is 0 Å². The molecular formula is C37H45N5O4. The van der Waals surface area contributed by atoms with E-state index < -0.39 is 17.7 Å². The second-order valence-electron chi connectivity index (χ2n) is 12.9. The molecule has 1 atom stereocenters. The van der Waals surface area contributed by atoms with Crippen molar-refractivity contribution in [2.75, 3.05) is 39.3 Å². The summed E-state index contributed by atoms with van der Waals surface area (Å²) >= 11 is 0. The number of nitrogens with one attached hydrogen (secondary N) is 2. The summed E-state index contributed by atoms with van der Waals surface area (Å²) in [7, 11) is 0. The fourth-order valence-electron chi connectivity index (χ4n) is 5.79. The number of carbonyl (C=O) groups is 3. The third-order valence-corrected chi connectivity index (χ3v) is 8.10. The van der Waals surface area contributed by atoms with E-state index in [0.29, 0.717) is 18.5 Å². The number of benzene rings is 3. The molecule has 4 aromatic rings. The summed E-state index contributed by atoms with van der Waals surface area (Å²) in [6, 6.07) is 27.1. The van der Waals surface area contributed by atoms with Crippen molar-refractivity contribution in [1.82, 2.24) is 25.0 Å². The molecule has 0 aliphatic carbocycles. The summed E-state index contributed by atoms with van der Waals surface area (Å²) in [5, 5.41) is 6.88. The van der Waals surface area contributed by atoms with Crippen molar-refractivity contribution in [2.45, 2.75) is 51.8 Å². The van der Waals surface area contributed by atoms with Gasteiger partial charge in [-0.15, -0.1) is 0 Å². The molecule has 9 nitrogen and oxygen atoms in total. The number of ether oxygens (including phenoxy) is 1. The third-order valence-electron chi connectivity index (χ3n) is 8.10. The van der Waals surface area contributed by atoms with Crippen molar-refractivity contribution in [3.8, 4) is 0 Å². The number of rotatable bonds is 11. The lowest BCUT2D eigenvalue weighted by atomic mass is 10.0. The van der Waals surface area contributed by atoms with E-state index in [1.807, 2.05) is 81.4 Å². The SMILES string of the molecule is CC(C)(C)OC(=O)n1cc(C[C@@H](NC(=O)CN2CCN(Cc3ccccc3)CC2)C(=O)NCCc2ccccc2)c2ccccc21. The molecule has 1 fully saturated rings. The molecule has 0 spiro atoms. The molecule has 1 saturated heterocycles. The highest BCUT2D eigenvalue weighted by Gasteiger charge is 2.27. The Hall–Kier alpha value is -4.47. The molecule has 0 unspecified atom stereocenters. The van der Waals surface area contributed by atoms with E-state index in [9.17, 15) is 14.4 Å². The number of hydrogen-bond donors (Lipinski definition) is 2. The number of fused-ring (bicyclic) bond motifs is 1. The van der Waals surface area contributed by atoms with E-state index in [-0.39, 0.29) is 24.8 Å². The molecule has 1 aromatic heterocycles. The Morgan fingerprint density at radius 1 is 0.804 bits per heavy atom. The van der Waals surface area contributed by atoms with E-state index in [1.54, 1.807) is 6.20 Å². The maximum atomic E-state index is 13.6. The van der Waals surface area contributed by atoms with Crippen LogP contribution >= 0.6 is 0 Å². The second-order valence-corrected chi connectivity index (χ2v) is 12.9. The fraction of sp³-hybridized carbons (Fsp3) is 0.378. The predicted molar refractivity (Wildman–Crippen MR) is 181 cm³/mol. The van der Waals surface area contributed by atoms with Crippen LogP contribution in [0.15, 0.2) is 91.1 Å². The van der Waals surface area contributed by atoms with Gasteiger partial charge in [0.2, 0.25) is 11.8 Å². The van der Waals surface area contributed by atoms with E-state index in [4.69, 9.17) is 4.74 Å². The van der Waals surface area contributed by atoms with Crippen LogP contribution < -0.4 is 10.6 Å². The fourth-order valence-corrected chi connectivity index (χ4v) is 5.79. The number of carbonyl (C=O) groups excluding carboxylic acids is 3. The van der Waals surface area contributed by atoms with Gasteiger partial charge in [-0.25, -0.2) is 4.79 Å². The molecule has 0 saturated carbocycles. The van der Waals surface area contributed by atoms with Crippen molar-refractivity contribution in [1.29, 1.82) is 0 Å². The van der Waals surface area contributed by atoms with Gasteiger partial charge in [-0.3, -0.25) is 24.0 Å². The molecule has 3 aromatic carbocycles. The van der Waals surface area contributed by atoms with Gasteiger partial charge < -0.3 is 15.4 Å². The minimum Gasteiger partial charge on any atom is -0.443 e. The first-order chi connectivity index (χ1) is 22.1. The summed E-state index contributed by atoms with van der Waals surface area (Å²) in [5.41, 5.74) is 3.21. The smallest absolute Gasteiger partial charge is 0.419 e. The van der Waals surface area contributed by atoms with Crippen LogP contribution in [0.5, 0.6) is 0 Å². The summed E-state index contributed by atoms with van der Waals surface area (Å²) in [6.07, 6.45) is 2.14. The van der Waals surface area contributed by atoms with Crippen LogP contribution in [-0.4, -0.2) is 83.2 Å². The molecule has 2 heterocycles. The van der Waals surface area contributed by atoms with Crippen LogP contribution in [0.3, 0.4) is 0 Å². The lowest BCUT2D eigenvalue weighted by Gasteiger charge is -2.34. The summed E-state index contributed by atoms with van der Waals surface area (Å²) < 4.78 is 7.13. The van der Waals surface area contributed by atoms with Gasteiger partial charge >= 0.3 is 6.09 Å². The lowest BCUT2D eigenvalue weighted by Crippen LogP contribution is -2.53. The van der Waals surface area contributed by atoms with Gasteiger partial charge in [-0.1, -0.05) is 78.9 Å². The van der Waals surface area contributed by atoms with Gasteiger partial charge in [0.25, 0.3) is 0 Å². The molecule has 0 bridgehead atoms. The molecular weight excluding hydrogens is 578 g/mol. The lowest BCUT2D eigenvalue weighted by molar-refractivity contribution is -0.129. The van der Waals surface area contributed by atoms with Crippen LogP contribution in [0.4, 0.5) is 4.79 Å². The van der Waals surface area contributed by atoms with E-state index in [0.717, 1.165) is 49.2 Å². The average Bonchev–Trinajstić information content (AvgIpc) is 3.40. The third kappa shape index (κ3) is 9.28. The summed E-state index contributed by atoms with van der Waals surface area (Å²) in [4.78, 5) is 44.6. The minimum absolute atomic E-state index is 0.199. The van der Waals surface area contributed by atoms with Gasteiger partial charge in [0, 0.05) is 57.3 Å². The molecule has 5 rings (SSSR count). The van der Waals surface area contributed by atoms with E-state index in [2.05, 4.69) is 44.7 Å². The van der Waals surface area contributed by atoms with Gasteiger partial charge in [0.1, 0.15) is 11.6 Å². The van der Waals surface area contributed by atoms with Crippen LogP contribution in [0, 0.1) is 0 Å². The maximum absolute atomic E-state index is 13.6. The van der Waals surface area contributed by atoms with Crippen molar-refractivity contribution in [2.24, 2.45) is 0 Å². The Morgan fingerprint density at radius 2 is 1.41 bits per heavy atom. The monoisotopic (exact) mass is 623 g/mol. The molecule has 0 radical (unpaired) electrons. The molecule has 9 heteroatoms. The molecule has 2 amide bonds. The molecule has 2 N–H and O–H groups in total. The first kappa shape index (κ1) is 32.9. The van der Waals surface area contributed by atoms with Gasteiger partial charge in [0.05, 0.1) is 12.1 Å². The van der Waals surface area contributed by atoms with E-state index in [1.165, 1.54) is 10.1 Å². The Kier molecular flexibility index (Phi) is 10.9. The first-order valence-electron chi connectivity index (χ1n) is 16.1. The molecule has 1 aliphatic heterocycles. The first-order valence-corrected chi connectivity index (χ1v) is 16.1. The quantitative estimate of drug-likeness (QED) is 0.253. The number of amides is 2. The second kappa shape index (κ2) is 15.2. The predicted octanol–water partition coefficient (Wildman–Crippen LogP) is 4.63. The maximum Gasteiger partial charge on any atom is 0.419 e. The zero-order valence-corrected chi connectivity index (χ0v) is 27.1. The topological polar surface area (TPSA) is 95.9 Å². The van der Waals surface area contributed by atoms with Crippen molar-refractivity contribution in [3.05, 3.63) is 108 Å². The standard InChI is InChI=1S/C37H45N5O4/c1-37(2,3)46-36(45)42-26-30(31-16-10-11-17-33(31)42)24-32(35(44)38-19-18-28-12-6-4-7-13-28)39-34(43)27-41-22-20-40(21-23-41)25-29-14-8-5-9-15-29/h4-17,26,32H,18-25,27H2,1-3H3,(H,38,44)(H,39,43)/t32-/m1/s1. The number of hydrogen-bond acceptors (Lipinski definition) is 6. The zero-order chi connectivity index (χ0) is 32.5. The molecule has 1 aliphatic rings. The number of aromatic nitrogens is 1. The average molecular weight is 624 g/mol. The Labute approximate surface area is 271 Å². The Balaban J connectivity index is 1.26. The van der Waals surface area contributed by atoms with E-state index >= 15 is 0 Å². The van der Waals surface area contributed by atoms with Crippen LogP contribution in [0.25, 0.3) is 10.9 Å². The van der Waals surface area contributed by atoms with Crippen LogP contribution in [-0.2, 0) is 33.7 Å². The Morgan fingerprint density at radius 3 is 2.09 bits per heavy atom. The highest BCUT2D eigenvalue weighted by atomic mass is 16.6. The van der Waals surface area contributed by atoms with Gasteiger partial charge in [-0.05, 0) is 49.9 Å². The normalized spacial score (nSPS) is 14.9. The number of nitrogens with zero attached hydrogens (tertiary/aromatic N) is 3. The Bertz CT molecular complexity index is 1610. The number of piperazine rings is 1. The van der Waals surface area contributed by atoms with Crippen molar-refractivity contribution < 1.29 is 19.1 Å². The van der Waals surface area contributed by atoms with Crippen molar-refractivity contribution >= 4 is 28.8 Å². The van der Waals surface area contributed by atoms with Crippen LogP contribution in [0.2, 0.25) is 0 Å². The zero-order valence-electron chi connectivity index (χ0n) is 27.1. The largest absolute Gasteiger partial charge is 0.443 e. The summed E-state index contributed by atoms with van der Waals surface area (Å²) in [6.45, 7) is 10.3. The highest BCUT2D eigenvalue weighted by molar-refractivity contribution is 5.93. The minimum atomic E-state index is -0.819. The van der Waals surface area contributed by atoms with Crippen LogP contribution in [0.1, 0.15) is 37.5 Å². The number of para-hydroxylation sites is 1.